The van der Waals surface area contributed by atoms with Gasteiger partial charge in [0.2, 0.25) is 0 Å². The number of anilines is 1. The van der Waals surface area contributed by atoms with Crippen molar-refractivity contribution in [1.29, 1.82) is 0 Å². The summed E-state index contributed by atoms with van der Waals surface area (Å²) in [5, 5.41) is 11.3. The van der Waals surface area contributed by atoms with Crippen molar-refractivity contribution >= 4 is 34.4 Å². The monoisotopic (exact) mass is 340 g/mol. The third kappa shape index (κ3) is 3.28. The number of azo groups is 1. The van der Waals surface area contributed by atoms with Gasteiger partial charge in [-0.3, -0.25) is 4.79 Å². The minimum atomic E-state index is -0.186. The molecule has 0 spiro atoms. The molecule has 5 nitrogen and oxygen atoms in total. The lowest BCUT2D eigenvalue weighted by Gasteiger charge is -1.99. The Morgan fingerprint density at radius 3 is 2.00 bits per heavy atom. The highest BCUT2D eigenvalue weighted by Gasteiger charge is 2.25. The average Bonchev–Trinajstić information content (AvgIpc) is 2.98. The van der Waals surface area contributed by atoms with Crippen molar-refractivity contribution in [1.82, 2.24) is 0 Å². The second-order valence-electron chi connectivity index (χ2n) is 6.01. The highest BCUT2D eigenvalue weighted by molar-refractivity contribution is 6.54. The van der Waals surface area contributed by atoms with Gasteiger partial charge < -0.3 is 5.32 Å². The van der Waals surface area contributed by atoms with Crippen LogP contribution < -0.4 is 5.32 Å². The number of para-hydroxylation sites is 1. The number of aryl methyl sites for hydroxylation is 1. The van der Waals surface area contributed by atoms with E-state index in [4.69, 9.17) is 0 Å². The Hall–Kier alpha value is -3.60. The normalized spacial score (nSPS) is 14.7. The van der Waals surface area contributed by atoms with E-state index in [-0.39, 0.29) is 5.91 Å². The Morgan fingerprint density at radius 2 is 1.31 bits per heavy atom. The highest BCUT2D eigenvalue weighted by Crippen LogP contribution is 2.27. The number of rotatable bonds is 3. The molecule has 5 heteroatoms. The zero-order valence-corrected chi connectivity index (χ0v) is 14.2. The molecule has 1 heterocycles. The van der Waals surface area contributed by atoms with Crippen LogP contribution in [0.2, 0.25) is 0 Å². The zero-order chi connectivity index (χ0) is 17.9. The summed E-state index contributed by atoms with van der Waals surface area (Å²) in [5.41, 5.74) is 5.45. The quantitative estimate of drug-likeness (QED) is 0.630. The first kappa shape index (κ1) is 15.9. The predicted molar refractivity (Wildman–Crippen MR) is 103 cm³/mol. The fourth-order valence-electron chi connectivity index (χ4n) is 2.66. The van der Waals surface area contributed by atoms with Crippen LogP contribution in [0.5, 0.6) is 0 Å². The molecule has 1 aliphatic heterocycles. The summed E-state index contributed by atoms with van der Waals surface area (Å²) in [7, 11) is 0. The minimum Gasteiger partial charge on any atom is -0.320 e. The van der Waals surface area contributed by atoms with Gasteiger partial charge in [-0.1, -0.05) is 35.9 Å². The number of fused-ring (bicyclic) bond motifs is 1. The molecule has 0 fully saturated rings. The van der Waals surface area contributed by atoms with Gasteiger partial charge >= 0.3 is 0 Å². The number of benzene rings is 3. The van der Waals surface area contributed by atoms with Crippen LogP contribution in [0.15, 0.2) is 88.0 Å². The predicted octanol–water partition coefficient (Wildman–Crippen LogP) is 5.48. The lowest BCUT2D eigenvalue weighted by Crippen LogP contribution is -2.13. The lowest BCUT2D eigenvalue weighted by molar-refractivity contribution is -0.110. The molecule has 126 valence electrons. The molecule has 0 aromatic heterocycles. The number of aliphatic imine (C=N–C) groups is 1. The molecule has 0 radical (unpaired) electrons. The van der Waals surface area contributed by atoms with Crippen LogP contribution in [-0.2, 0) is 4.79 Å². The maximum atomic E-state index is 12.1. The molecule has 1 N–H and O–H groups in total. The van der Waals surface area contributed by atoms with Crippen molar-refractivity contribution in [3.05, 3.63) is 83.9 Å². The molecule has 26 heavy (non-hydrogen) atoms. The summed E-state index contributed by atoms with van der Waals surface area (Å²) in [6, 6.07) is 22.7. The largest absolute Gasteiger partial charge is 0.320 e. The van der Waals surface area contributed by atoms with E-state index in [1.54, 1.807) is 0 Å². The van der Waals surface area contributed by atoms with Crippen LogP contribution in [0, 0.1) is 6.92 Å². The third-order valence-electron chi connectivity index (χ3n) is 4.05. The Labute approximate surface area is 151 Å². The highest BCUT2D eigenvalue weighted by atomic mass is 16.2. The van der Waals surface area contributed by atoms with Crippen LogP contribution in [0.25, 0.3) is 0 Å². The topological polar surface area (TPSA) is 66.2 Å². The standard InChI is InChI=1S/C21H16N4O/c1-14-6-8-16(9-7-14)24-25-17-12-10-15(11-13-17)22-20-18-4-2-3-5-19(18)23-21(20)26/h2-13H,1H3,(H,22,23,26). The Balaban J connectivity index is 1.55. The van der Waals surface area contributed by atoms with Crippen molar-refractivity contribution in [2.45, 2.75) is 6.92 Å². The maximum absolute atomic E-state index is 12.1. The van der Waals surface area contributed by atoms with Gasteiger partial charge in [-0.25, -0.2) is 4.99 Å². The van der Waals surface area contributed by atoms with Crippen molar-refractivity contribution in [3.63, 3.8) is 0 Å². The second-order valence-corrected chi connectivity index (χ2v) is 6.01. The molecule has 0 saturated carbocycles. The number of carbonyl (C=O) groups excluding carboxylic acids is 1. The summed E-state index contributed by atoms with van der Waals surface area (Å²) >= 11 is 0. The number of nitrogens with zero attached hydrogens (tertiary/aromatic N) is 3. The van der Waals surface area contributed by atoms with E-state index >= 15 is 0 Å². The Kier molecular flexibility index (Phi) is 4.11. The van der Waals surface area contributed by atoms with Gasteiger partial charge in [-0.15, -0.1) is 0 Å². The third-order valence-corrected chi connectivity index (χ3v) is 4.05. The van der Waals surface area contributed by atoms with Gasteiger partial charge in [0.15, 0.2) is 0 Å². The van der Waals surface area contributed by atoms with E-state index in [0.717, 1.165) is 22.6 Å². The molecular weight excluding hydrogens is 324 g/mol. The fourth-order valence-corrected chi connectivity index (χ4v) is 2.66. The molecule has 3 aromatic carbocycles. The lowest BCUT2D eigenvalue weighted by atomic mass is 10.1. The van der Waals surface area contributed by atoms with E-state index in [2.05, 4.69) is 20.5 Å². The first-order valence-electron chi connectivity index (χ1n) is 8.27. The van der Waals surface area contributed by atoms with Gasteiger partial charge in [0, 0.05) is 5.56 Å². The first-order valence-corrected chi connectivity index (χ1v) is 8.27. The van der Waals surface area contributed by atoms with Gasteiger partial charge in [0.05, 0.1) is 22.7 Å². The van der Waals surface area contributed by atoms with E-state index in [1.807, 2.05) is 79.7 Å². The smallest absolute Gasteiger partial charge is 0.275 e. The van der Waals surface area contributed by atoms with Crippen molar-refractivity contribution in [2.75, 3.05) is 5.32 Å². The first-order chi connectivity index (χ1) is 12.7. The van der Waals surface area contributed by atoms with Crippen LogP contribution in [0.4, 0.5) is 22.7 Å². The molecule has 1 aliphatic rings. The molecule has 0 bridgehead atoms. The average molecular weight is 340 g/mol. The Morgan fingerprint density at radius 1 is 0.731 bits per heavy atom. The molecule has 0 aliphatic carbocycles. The molecule has 0 atom stereocenters. The van der Waals surface area contributed by atoms with Crippen molar-refractivity contribution < 1.29 is 4.79 Å². The number of carbonyl (C=O) groups is 1. The summed E-state index contributed by atoms with van der Waals surface area (Å²) in [4.78, 5) is 16.6. The number of nitrogens with one attached hydrogen (secondary N) is 1. The van der Waals surface area contributed by atoms with Crippen LogP contribution in [0.3, 0.4) is 0 Å². The van der Waals surface area contributed by atoms with E-state index in [9.17, 15) is 4.79 Å². The molecule has 0 saturated heterocycles. The van der Waals surface area contributed by atoms with Gasteiger partial charge in [0.1, 0.15) is 5.71 Å². The molecule has 0 unspecified atom stereocenters. The molecule has 3 aromatic rings. The molecule has 1 amide bonds. The van der Waals surface area contributed by atoms with E-state index in [0.29, 0.717) is 11.4 Å². The van der Waals surface area contributed by atoms with Gasteiger partial charge in [0.25, 0.3) is 5.91 Å². The summed E-state index contributed by atoms with van der Waals surface area (Å²) in [6.07, 6.45) is 0. The number of hydrogen-bond acceptors (Lipinski definition) is 4. The van der Waals surface area contributed by atoms with Crippen LogP contribution in [-0.4, -0.2) is 11.6 Å². The number of hydrogen-bond donors (Lipinski definition) is 1. The molecule has 4 rings (SSSR count). The van der Waals surface area contributed by atoms with Crippen molar-refractivity contribution in [3.8, 4) is 0 Å². The number of amides is 1. The Bertz CT molecular complexity index is 1020. The van der Waals surface area contributed by atoms with E-state index in [1.165, 1.54) is 5.56 Å². The van der Waals surface area contributed by atoms with Gasteiger partial charge in [-0.2, -0.15) is 10.2 Å². The minimum absolute atomic E-state index is 0.186. The van der Waals surface area contributed by atoms with Crippen molar-refractivity contribution in [2.24, 2.45) is 15.2 Å². The summed E-state index contributed by atoms with van der Waals surface area (Å²) in [5.74, 6) is -0.186. The van der Waals surface area contributed by atoms with Gasteiger partial charge in [-0.05, 0) is 49.4 Å². The van der Waals surface area contributed by atoms with E-state index < -0.39 is 0 Å². The van der Waals surface area contributed by atoms with Crippen LogP contribution in [0.1, 0.15) is 11.1 Å². The summed E-state index contributed by atoms with van der Waals surface area (Å²) < 4.78 is 0. The second kappa shape index (κ2) is 6.72. The molecular formula is C21H16N4O. The summed E-state index contributed by atoms with van der Waals surface area (Å²) in [6.45, 7) is 2.03. The zero-order valence-electron chi connectivity index (χ0n) is 14.2. The van der Waals surface area contributed by atoms with Crippen LogP contribution >= 0.6 is 0 Å². The maximum Gasteiger partial charge on any atom is 0.275 e. The SMILES string of the molecule is Cc1ccc(N=Nc2ccc(N=C3C(=O)Nc4ccccc43)cc2)cc1. The fraction of sp³-hybridized carbons (Fsp3) is 0.0476.